The van der Waals surface area contributed by atoms with Crippen molar-refractivity contribution >= 4 is 60.4 Å². The molecule has 13 aromatic carbocycles. The van der Waals surface area contributed by atoms with Crippen molar-refractivity contribution in [3.05, 3.63) is 326 Å². The van der Waals surface area contributed by atoms with Gasteiger partial charge in [0.05, 0.1) is 22.1 Å². The maximum absolute atomic E-state index is 2.47. The van der Waals surface area contributed by atoms with Crippen molar-refractivity contribution in [3.63, 3.8) is 0 Å². The van der Waals surface area contributed by atoms with E-state index in [9.17, 15) is 0 Å². The van der Waals surface area contributed by atoms with E-state index < -0.39 is 5.41 Å². The number of rotatable bonds is 9. The number of fused-ring (bicyclic) bond motifs is 9. The number of hydrogen-bond donors (Lipinski definition) is 0. The van der Waals surface area contributed by atoms with Gasteiger partial charge in [-0.15, -0.1) is 0 Å². The quantitative estimate of drug-likeness (QED) is 0.131. The molecule has 1 aromatic heterocycles. The summed E-state index contributed by atoms with van der Waals surface area (Å²) in [6.07, 6.45) is 0. The minimum absolute atomic E-state index is 0.478. The molecule has 77 heavy (non-hydrogen) atoms. The van der Waals surface area contributed by atoms with Crippen LogP contribution >= 0.6 is 0 Å². The average molecular weight is 979 g/mol. The Labute approximate surface area is 448 Å². The number of hydrogen-bond acceptors (Lipinski definition) is 1. The average Bonchev–Trinajstić information content (AvgIpc) is 4.23. The summed E-state index contributed by atoms with van der Waals surface area (Å²) in [6, 6.07) is 112. The molecule has 1 aliphatic rings. The molecule has 0 saturated heterocycles. The lowest BCUT2D eigenvalue weighted by atomic mass is 9.67. The van der Waals surface area contributed by atoms with Crippen molar-refractivity contribution in [2.45, 2.75) is 5.41 Å². The Kier molecular flexibility index (Phi) is 10.5. The molecule has 15 rings (SSSR count). The predicted molar refractivity (Wildman–Crippen MR) is 324 cm³/mol. The Hall–Kier alpha value is -10.0. The number of nitrogens with zero attached hydrogens (tertiary/aromatic N) is 2. The summed E-state index contributed by atoms with van der Waals surface area (Å²) in [5.41, 5.74) is 21.2. The molecule has 0 bridgehead atoms. The van der Waals surface area contributed by atoms with Gasteiger partial charge in [0.15, 0.2) is 0 Å². The Morgan fingerprint density at radius 3 is 1.40 bits per heavy atom. The van der Waals surface area contributed by atoms with E-state index in [0.29, 0.717) is 0 Å². The summed E-state index contributed by atoms with van der Waals surface area (Å²) in [7, 11) is 0. The SMILES string of the molecule is c1ccc(-c2ccc(N(c3ccc(-c4ccc(-c5ccc6c(c5)c5ccccc5n6-c5ccc6c(c5)C(c5ccccc5)(c5ccccc5)c5ccccc5-6)cc4)cc3)c3cc4ccccc4c4ccccc34)cc2)cc1. The highest BCUT2D eigenvalue weighted by molar-refractivity contribution is 6.15. The summed E-state index contributed by atoms with van der Waals surface area (Å²) in [4.78, 5) is 2.41. The van der Waals surface area contributed by atoms with Gasteiger partial charge in [-0.05, 0) is 144 Å². The monoisotopic (exact) mass is 978 g/mol. The zero-order valence-electron chi connectivity index (χ0n) is 42.3. The Morgan fingerprint density at radius 1 is 0.273 bits per heavy atom. The van der Waals surface area contributed by atoms with Gasteiger partial charge >= 0.3 is 0 Å². The fourth-order valence-electron chi connectivity index (χ4n) is 12.7. The maximum atomic E-state index is 2.47. The molecule has 1 aliphatic carbocycles. The molecule has 0 fully saturated rings. The molecule has 0 amide bonds. The van der Waals surface area contributed by atoms with Crippen LogP contribution in [-0.4, -0.2) is 4.57 Å². The molecule has 0 unspecified atom stereocenters. The van der Waals surface area contributed by atoms with Crippen LogP contribution in [0.5, 0.6) is 0 Å². The van der Waals surface area contributed by atoms with Crippen LogP contribution in [0, 0.1) is 0 Å². The van der Waals surface area contributed by atoms with E-state index in [2.05, 4.69) is 313 Å². The first kappa shape index (κ1) is 44.5. The molecular formula is C75H50N2. The Balaban J connectivity index is 0.788. The summed E-state index contributed by atoms with van der Waals surface area (Å²) in [5, 5.41) is 7.40. The first-order valence-electron chi connectivity index (χ1n) is 26.7. The van der Waals surface area contributed by atoms with Gasteiger partial charge in [-0.2, -0.15) is 0 Å². The van der Waals surface area contributed by atoms with E-state index >= 15 is 0 Å². The molecule has 2 heteroatoms. The standard InChI is InChI=1S/C75H50N2/c1-4-18-51(19-5-1)53-36-41-60(42-37-53)76(74-49-57-20-10-11-25-63(57)64-26-12-13-28-67(64)74)61-43-38-54(39-44-61)52-32-34-55(35-33-52)56-40-47-73-69(48-56)68-29-15-17-31-72(68)77(73)62-45-46-66-65-27-14-16-30-70(65)75(71(66)50-62,58-21-6-2-7-22-58)59-23-8-3-9-24-59/h1-50H. The van der Waals surface area contributed by atoms with Crippen molar-refractivity contribution in [2.75, 3.05) is 4.90 Å². The second kappa shape index (κ2) is 18.1. The van der Waals surface area contributed by atoms with E-state index in [-0.39, 0.29) is 0 Å². The van der Waals surface area contributed by atoms with Crippen molar-refractivity contribution in [3.8, 4) is 50.2 Å². The number of aromatic nitrogens is 1. The molecule has 2 nitrogen and oxygen atoms in total. The molecule has 0 spiro atoms. The molecule has 0 saturated carbocycles. The fraction of sp³-hybridized carbons (Fsp3) is 0.0133. The predicted octanol–water partition coefficient (Wildman–Crippen LogP) is 19.9. The molecule has 0 aliphatic heterocycles. The van der Waals surface area contributed by atoms with E-state index in [1.165, 1.54) is 110 Å². The third-order valence-corrected chi connectivity index (χ3v) is 16.3. The summed E-state index contributed by atoms with van der Waals surface area (Å²) >= 11 is 0. The van der Waals surface area contributed by atoms with Crippen LogP contribution in [0.4, 0.5) is 17.1 Å². The lowest BCUT2D eigenvalue weighted by Crippen LogP contribution is -2.28. The number of anilines is 3. The van der Waals surface area contributed by atoms with Crippen LogP contribution in [0.1, 0.15) is 22.3 Å². The van der Waals surface area contributed by atoms with Gasteiger partial charge in [0.25, 0.3) is 0 Å². The minimum Gasteiger partial charge on any atom is -0.310 e. The smallest absolute Gasteiger partial charge is 0.0714 e. The Bertz CT molecular complexity index is 4480. The molecule has 0 N–H and O–H groups in total. The third-order valence-electron chi connectivity index (χ3n) is 16.3. The maximum Gasteiger partial charge on any atom is 0.0714 e. The van der Waals surface area contributed by atoms with Crippen LogP contribution in [0.2, 0.25) is 0 Å². The number of para-hydroxylation sites is 1. The lowest BCUT2D eigenvalue weighted by molar-refractivity contribution is 0.767. The Morgan fingerprint density at radius 2 is 0.740 bits per heavy atom. The number of benzene rings is 13. The van der Waals surface area contributed by atoms with Crippen LogP contribution in [0.25, 0.3) is 93.5 Å². The van der Waals surface area contributed by atoms with Gasteiger partial charge in [0.2, 0.25) is 0 Å². The van der Waals surface area contributed by atoms with E-state index in [1.54, 1.807) is 0 Å². The largest absolute Gasteiger partial charge is 0.310 e. The first-order chi connectivity index (χ1) is 38.2. The van der Waals surface area contributed by atoms with Gasteiger partial charge < -0.3 is 9.47 Å². The molecule has 0 radical (unpaired) electrons. The van der Waals surface area contributed by atoms with Gasteiger partial charge in [-0.1, -0.05) is 243 Å². The van der Waals surface area contributed by atoms with Crippen molar-refractivity contribution in [1.82, 2.24) is 4.57 Å². The highest BCUT2D eigenvalue weighted by Crippen LogP contribution is 2.57. The molecule has 360 valence electrons. The topological polar surface area (TPSA) is 8.17 Å². The first-order valence-corrected chi connectivity index (χ1v) is 26.7. The second-order valence-electron chi connectivity index (χ2n) is 20.4. The van der Waals surface area contributed by atoms with Gasteiger partial charge in [0, 0.05) is 33.2 Å². The second-order valence-corrected chi connectivity index (χ2v) is 20.4. The molecule has 1 heterocycles. The van der Waals surface area contributed by atoms with E-state index in [0.717, 1.165) is 22.7 Å². The van der Waals surface area contributed by atoms with Gasteiger partial charge in [0.1, 0.15) is 0 Å². The van der Waals surface area contributed by atoms with Gasteiger partial charge in [-0.25, -0.2) is 0 Å². The van der Waals surface area contributed by atoms with Gasteiger partial charge in [-0.3, -0.25) is 0 Å². The minimum atomic E-state index is -0.478. The molecular weight excluding hydrogens is 929 g/mol. The highest BCUT2D eigenvalue weighted by atomic mass is 15.1. The lowest BCUT2D eigenvalue weighted by Gasteiger charge is -2.34. The summed E-state index contributed by atoms with van der Waals surface area (Å²) in [5.74, 6) is 0. The zero-order valence-corrected chi connectivity index (χ0v) is 42.3. The zero-order chi connectivity index (χ0) is 50.9. The molecule has 0 atom stereocenters. The van der Waals surface area contributed by atoms with E-state index in [4.69, 9.17) is 0 Å². The summed E-state index contributed by atoms with van der Waals surface area (Å²) in [6.45, 7) is 0. The third kappa shape index (κ3) is 7.18. The van der Waals surface area contributed by atoms with Crippen LogP contribution in [0.3, 0.4) is 0 Å². The normalized spacial score (nSPS) is 12.5. The van der Waals surface area contributed by atoms with Crippen molar-refractivity contribution < 1.29 is 0 Å². The summed E-state index contributed by atoms with van der Waals surface area (Å²) < 4.78 is 2.47. The fourth-order valence-corrected chi connectivity index (χ4v) is 12.7. The highest BCUT2D eigenvalue weighted by Gasteiger charge is 2.46. The van der Waals surface area contributed by atoms with Crippen LogP contribution in [-0.2, 0) is 5.41 Å². The molecule has 14 aromatic rings. The van der Waals surface area contributed by atoms with Crippen LogP contribution in [0.15, 0.2) is 303 Å². The van der Waals surface area contributed by atoms with Crippen LogP contribution < -0.4 is 4.90 Å². The van der Waals surface area contributed by atoms with Crippen molar-refractivity contribution in [2.24, 2.45) is 0 Å². The van der Waals surface area contributed by atoms with Crippen molar-refractivity contribution in [1.29, 1.82) is 0 Å². The van der Waals surface area contributed by atoms with E-state index in [1.807, 2.05) is 0 Å².